The fourth-order valence-electron chi connectivity index (χ4n) is 18.2. The highest BCUT2D eigenvalue weighted by atomic mass is 16.8. The predicted octanol–water partition coefficient (Wildman–Crippen LogP) is 17.1. The number of rotatable bonds is 38. The van der Waals surface area contributed by atoms with Crippen LogP contribution in [0.3, 0.4) is 0 Å². The summed E-state index contributed by atoms with van der Waals surface area (Å²) >= 11 is 0. The third kappa shape index (κ3) is 26.3. The SMILES string of the molecule is O=C(O[C@@H]1[C@@H](OC(=O)c2ccccc2)[C@H](O[C@H]2[C@H](OC(=O)c3ccccc3)[C@@H](OC(=O)c3ccccc3)[C@H](O[C@@H]3[C@@H](OC(=O)c4ccccc4)[C@H](O[C@H]4[C@H](OC(=O)c5ccccc5)[C@@H](OC(=O)c5ccccc5)[C@H](OCCN(Cc5ccccc5)C(=O)OCc5ccccc5)O[C@@H]4COCc4ccccc4)O[C@@H]4CO[C@@H](c5ccccc5)O[C@@H]34)O[C@@H]2COCc2ccccc2)O[C@@H]2CO[C@@H](c3ccccc3)O[C@@H]12)c1ccccc1. The lowest BCUT2D eigenvalue weighted by Gasteiger charge is -2.53. The minimum absolute atomic E-state index is 0.0136. The molecular weight excluding hydrogens is 1910 g/mol. The van der Waals surface area contributed by atoms with Crippen LogP contribution < -0.4 is 0 Å². The third-order valence-electron chi connectivity index (χ3n) is 25.6. The highest BCUT2D eigenvalue weighted by Crippen LogP contribution is 2.45. The summed E-state index contributed by atoms with van der Waals surface area (Å²) in [7, 11) is 0. The first-order valence-corrected chi connectivity index (χ1v) is 49.1. The van der Waals surface area contributed by atoms with Gasteiger partial charge in [-0.2, -0.15) is 0 Å². The Balaban J connectivity index is 0.762. The topological polar surface area (TPSA) is 343 Å². The summed E-state index contributed by atoms with van der Waals surface area (Å²) in [5.41, 5.74) is 3.96. The molecule has 31 nitrogen and oxygen atoms in total. The Morgan fingerprint density at radius 1 is 0.255 bits per heavy atom. The van der Waals surface area contributed by atoms with Crippen molar-refractivity contribution in [3.63, 3.8) is 0 Å². The lowest BCUT2D eigenvalue weighted by Crippen LogP contribution is -2.70. The molecule has 13 aromatic rings. The Morgan fingerprint density at radius 2 is 0.517 bits per heavy atom. The maximum absolute atomic E-state index is 16.0. The summed E-state index contributed by atoms with van der Waals surface area (Å²) in [4.78, 5) is 125. The van der Waals surface area contributed by atoms with E-state index in [-0.39, 0.29) is 91.7 Å². The molecule has 0 aliphatic carbocycles. The van der Waals surface area contributed by atoms with E-state index in [1.165, 1.54) is 89.8 Å². The van der Waals surface area contributed by atoms with Gasteiger partial charge >= 0.3 is 47.9 Å². The van der Waals surface area contributed by atoms with Gasteiger partial charge < -0.3 is 109 Å². The molecule has 0 bridgehead atoms. The zero-order chi connectivity index (χ0) is 102. The van der Waals surface area contributed by atoms with Crippen molar-refractivity contribution >= 4 is 47.9 Å². The molecule has 22 atom stereocenters. The number of hydrogen-bond acceptors (Lipinski definition) is 30. The van der Waals surface area contributed by atoms with Crippen molar-refractivity contribution in [1.82, 2.24) is 4.90 Å². The molecule has 0 N–H and O–H groups in total. The van der Waals surface area contributed by atoms with Crippen molar-refractivity contribution in [1.29, 1.82) is 0 Å². The minimum Gasteiger partial charge on any atom is -0.452 e. The molecule has 6 aliphatic heterocycles. The number of carbonyl (C=O) groups is 8. The van der Waals surface area contributed by atoms with Crippen LogP contribution in [0.15, 0.2) is 394 Å². The predicted molar refractivity (Wildman–Crippen MR) is 530 cm³/mol. The van der Waals surface area contributed by atoms with Gasteiger partial charge in [-0.05, 0) is 107 Å². The average Bonchev–Trinajstić information content (AvgIpc) is 0.746. The van der Waals surface area contributed by atoms with E-state index in [9.17, 15) is 4.79 Å². The summed E-state index contributed by atoms with van der Waals surface area (Å²) in [6.07, 6.45) is -39.2. The van der Waals surface area contributed by atoms with Gasteiger partial charge in [0.1, 0.15) is 61.5 Å². The molecule has 6 heterocycles. The van der Waals surface area contributed by atoms with Crippen LogP contribution in [0.2, 0.25) is 0 Å². The Labute approximate surface area is 858 Å². The summed E-state index contributed by atoms with van der Waals surface area (Å²) in [5.74, 6) is -6.92. The van der Waals surface area contributed by atoms with E-state index in [1.54, 1.807) is 182 Å². The lowest BCUT2D eigenvalue weighted by molar-refractivity contribution is -0.411. The van der Waals surface area contributed by atoms with Gasteiger partial charge in [0.2, 0.25) is 0 Å². The molecule has 31 heteroatoms. The highest BCUT2D eigenvalue weighted by molar-refractivity contribution is 5.93. The minimum atomic E-state index is -2.17. The first-order valence-electron chi connectivity index (χ1n) is 49.1. The van der Waals surface area contributed by atoms with Crippen LogP contribution >= 0.6 is 0 Å². The van der Waals surface area contributed by atoms with Gasteiger partial charge in [0.05, 0.1) is 85.2 Å². The third-order valence-corrected chi connectivity index (χ3v) is 25.6. The summed E-state index contributed by atoms with van der Waals surface area (Å²) < 4.78 is 154. The second kappa shape index (κ2) is 50.5. The molecule has 764 valence electrons. The Kier molecular flexibility index (Phi) is 34.7. The number of esters is 7. The molecule has 6 saturated heterocycles. The zero-order valence-electron chi connectivity index (χ0n) is 80.5. The van der Waals surface area contributed by atoms with Gasteiger partial charge in [0.15, 0.2) is 80.5 Å². The molecule has 6 aliphatic rings. The fourth-order valence-corrected chi connectivity index (χ4v) is 18.2. The van der Waals surface area contributed by atoms with Crippen molar-refractivity contribution in [3.05, 3.63) is 467 Å². The van der Waals surface area contributed by atoms with Crippen LogP contribution in [0.1, 0.15) is 118 Å². The number of carbonyl (C=O) groups excluding carboxylic acids is 8. The van der Waals surface area contributed by atoms with Gasteiger partial charge in [0, 0.05) is 24.2 Å². The van der Waals surface area contributed by atoms with E-state index in [0.29, 0.717) is 22.3 Å². The van der Waals surface area contributed by atoms with Crippen LogP contribution in [0.4, 0.5) is 4.79 Å². The quantitative estimate of drug-likeness (QED) is 0.0256. The molecule has 6 fully saturated rings. The number of hydrogen-bond donors (Lipinski definition) is 0. The van der Waals surface area contributed by atoms with E-state index in [4.69, 9.17) is 104 Å². The Bertz CT molecular complexity index is 6480. The van der Waals surface area contributed by atoms with Gasteiger partial charge in [-0.15, -0.1) is 0 Å². The number of nitrogens with zero attached hydrogens (tertiary/aromatic N) is 1. The van der Waals surface area contributed by atoms with Crippen molar-refractivity contribution in [2.24, 2.45) is 0 Å². The highest BCUT2D eigenvalue weighted by Gasteiger charge is 2.63. The molecule has 0 radical (unpaired) electrons. The van der Waals surface area contributed by atoms with Crippen molar-refractivity contribution in [2.45, 2.75) is 162 Å². The van der Waals surface area contributed by atoms with Crippen molar-refractivity contribution < 1.29 is 143 Å². The first-order chi connectivity index (χ1) is 73.2. The van der Waals surface area contributed by atoms with Gasteiger partial charge in [-0.1, -0.05) is 309 Å². The van der Waals surface area contributed by atoms with Crippen LogP contribution in [-0.2, 0) is 131 Å². The Morgan fingerprint density at radius 3 is 0.866 bits per heavy atom. The van der Waals surface area contributed by atoms with E-state index < -0.39 is 196 Å². The van der Waals surface area contributed by atoms with Gasteiger partial charge in [-0.25, -0.2) is 38.4 Å². The largest absolute Gasteiger partial charge is 0.452 e. The van der Waals surface area contributed by atoms with Crippen LogP contribution in [-0.4, -0.2) is 215 Å². The van der Waals surface area contributed by atoms with Crippen LogP contribution in [0.25, 0.3) is 0 Å². The van der Waals surface area contributed by atoms with E-state index in [0.717, 1.165) is 11.1 Å². The Hall–Kier alpha value is -15.1. The molecule has 13 aromatic carbocycles. The molecule has 0 saturated carbocycles. The zero-order valence-corrected chi connectivity index (χ0v) is 80.5. The molecule has 1 amide bonds. The van der Waals surface area contributed by atoms with E-state index in [2.05, 4.69) is 0 Å². The molecule has 149 heavy (non-hydrogen) atoms. The second-order valence-electron chi connectivity index (χ2n) is 35.8. The molecule has 19 rings (SSSR count). The van der Waals surface area contributed by atoms with Crippen molar-refractivity contribution in [2.75, 3.05) is 39.6 Å². The number of amides is 1. The van der Waals surface area contributed by atoms with Crippen LogP contribution in [0.5, 0.6) is 0 Å². The second-order valence-corrected chi connectivity index (χ2v) is 35.8. The van der Waals surface area contributed by atoms with E-state index >= 15 is 33.6 Å². The standard InChI is InChI=1S/C118H107NO30/c120-105(80-48-22-5-23-49-80)138-97-93(89(72-128-69-77-42-16-2-17-43-77)134-114(101(97)141-108(123)83-54-28-8-29-55-83)130-67-66-119(68-76-40-14-1-15-41-76)118(127)133-71-79-46-20-4-21-47-79)147-116-104(144-111(126)86-60-34-11-35-61-86)100(96-92(137-116)75-132-113(146-96)88-64-38-13-39-65-88)149-117-103(143-110(125)85-58-32-10-33-59-85)98(139-106(121)81-50-24-6-25-51-81)94(90(135-117)73-129-70-78-44-18-3-19-45-78)148-115-102(142-109(124)84-56-30-9-31-57-84)99(140-107(122)82-52-26-7-27-53-82)95-91(136-115)74-131-112(145-95)87-62-36-12-37-63-87/h1-65,89-104,112-117H,66-75H2/t89-,90-,91-,92-,93-,94-,95-,96-,97+,98+,99+,100+,101-,102-,103-,104-,112-,113-,114-,115+,116+,117+/m1/s1. The monoisotopic (exact) mass is 2020 g/mol. The number of ether oxygens (including phenoxy) is 22. The lowest BCUT2D eigenvalue weighted by atomic mass is 9.94. The molecule has 0 aromatic heterocycles. The number of fused-ring (bicyclic) bond motifs is 2. The fraction of sp³-hybridized carbons (Fsp3) is 0.271. The number of benzene rings is 13. The van der Waals surface area contributed by atoms with Crippen molar-refractivity contribution in [3.8, 4) is 0 Å². The first kappa shape index (κ1) is 102. The van der Waals surface area contributed by atoms with Crippen LogP contribution in [0, 0.1) is 0 Å². The molecule has 0 unspecified atom stereocenters. The average molecular weight is 2020 g/mol. The summed E-state index contributed by atoms with van der Waals surface area (Å²) in [6, 6.07) is 110. The summed E-state index contributed by atoms with van der Waals surface area (Å²) in [5, 5.41) is 0. The smallest absolute Gasteiger partial charge is 0.410 e. The summed E-state index contributed by atoms with van der Waals surface area (Å²) in [6.45, 7) is -2.50. The molecular formula is C118H107NO30. The van der Waals surface area contributed by atoms with Gasteiger partial charge in [0.25, 0.3) is 0 Å². The van der Waals surface area contributed by atoms with E-state index in [1.807, 2.05) is 127 Å². The van der Waals surface area contributed by atoms with Gasteiger partial charge in [-0.3, -0.25) is 0 Å². The normalized spacial score (nSPS) is 25.4. The maximum Gasteiger partial charge on any atom is 0.410 e. The molecule has 0 spiro atoms. The maximum atomic E-state index is 16.0.